The van der Waals surface area contributed by atoms with Gasteiger partial charge < -0.3 is 0 Å². The summed E-state index contributed by atoms with van der Waals surface area (Å²) < 4.78 is 0. The van der Waals surface area contributed by atoms with E-state index in [1.165, 1.54) is 22.3 Å². The Morgan fingerprint density at radius 3 is 1.94 bits per heavy atom. The van der Waals surface area contributed by atoms with Gasteiger partial charge in [-0.25, -0.2) is 0 Å². The monoisotopic (exact) mass is 224 g/mol. The molecule has 0 saturated heterocycles. The van der Waals surface area contributed by atoms with Crippen LogP contribution in [0.2, 0.25) is 0 Å². The summed E-state index contributed by atoms with van der Waals surface area (Å²) in [5, 5.41) is 0. The standard InChI is InChI=1S/C17H20/c1-13-7-5-8-14(11-13)15-9-6-10-16(12-15)17(2,3)4/h5-12H,1-4H3. The highest BCUT2D eigenvalue weighted by Gasteiger charge is 2.13. The summed E-state index contributed by atoms with van der Waals surface area (Å²) in [5.74, 6) is 0. The maximum absolute atomic E-state index is 2.30. The highest BCUT2D eigenvalue weighted by atomic mass is 14.2. The van der Waals surface area contributed by atoms with E-state index in [1.807, 2.05) is 0 Å². The lowest BCUT2D eigenvalue weighted by atomic mass is 9.85. The first-order chi connectivity index (χ1) is 7.97. The van der Waals surface area contributed by atoms with Gasteiger partial charge >= 0.3 is 0 Å². The van der Waals surface area contributed by atoms with Gasteiger partial charge in [-0.15, -0.1) is 0 Å². The third kappa shape index (κ3) is 2.76. The smallest absolute Gasteiger partial charge is 0.0132 e. The van der Waals surface area contributed by atoms with Crippen molar-refractivity contribution in [2.24, 2.45) is 0 Å². The van der Waals surface area contributed by atoms with Crippen LogP contribution in [-0.2, 0) is 5.41 Å². The average Bonchev–Trinajstić information content (AvgIpc) is 2.28. The zero-order valence-corrected chi connectivity index (χ0v) is 11.1. The highest BCUT2D eigenvalue weighted by Crippen LogP contribution is 2.27. The number of hydrogen-bond acceptors (Lipinski definition) is 0. The van der Waals surface area contributed by atoms with Crippen LogP contribution in [0.1, 0.15) is 31.9 Å². The maximum atomic E-state index is 2.30. The fourth-order valence-electron chi connectivity index (χ4n) is 1.99. The molecule has 0 fully saturated rings. The van der Waals surface area contributed by atoms with Crippen LogP contribution in [-0.4, -0.2) is 0 Å². The minimum Gasteiger partial charge on any atom is -0.0614 e. The van der Waals surface area contributed by atoms with Crippen LogP contribution >= 0.6 is 0 Å². The first-order valence-electron chi connectivity index (χ1n) is 6.14. The molecule has 17 heavy (non-hydrogen) atoms. The van der Waals surface area contributed by atoms with Gasteiger partial charge in [-0.1, -0.05) is 74.9 Å². The fourth-order valence-corrected chi connectivity index (χ4v) is 1.99. The minimum atomic E-state index is 0.208. The lowest BCUT2D eigenvalue weighted by Crippen LogP contribution is -2.10. The van der Waals surface area contributed by atoms with E-state index in [4.69, 9.17) is 0 Å². The normalized spacial score (nSPS) is 11.5. The molecule has 0 bridgehead atoms. The molecule has 0 radical (unpaired) electrons. The number of aryl methyl sites for hydroxylation is 1. The van der Waals surface area contributed by atoms with Crippen molar-refractivity contribution < 1.29 is 0 Å². The largest absolute Gasteiger partial charge is 0.0614 e. The lowest BCUT2D eigenvalue weighted by molar-refractivity contribution is 0.590. The Bertz CT molecular complexity index is 516. The molecule has 0 N–H and O–H groups in total. The molecule has 88 valence electrons. The summed E-state index contributed by atoms with van der Waals surface area (Å²) in [6.45, 7) is 8.89. The van der Waals surface area contributed by atoms with E-state index in [9.17, 15) is 0 Å². The zero-order chi connectivity index (χ0) is 12.5. The first-order valence-corrected chi connectivity index (χ1v) is 6.14. The maximum Gasteiger partial charge on any atom is -0.0132 e. The van der Waals surface area contributed by atoms with Crippen LogP contribution < -0.4 is 0 Å². The summed E-state index contributed by atoms with van der Waals surface area (Å²) in [6, 6.07) is 17.5. The van der Waals surface area contributed by atoms with Crippen LogP contribution in [0.5, 0.6) is 0 Å². The molecule has 0 nitrogen and oxygen atoms in total. The zero-order valence-electron chi connectivity index (χ0n) is 11.1. The minimum absolute atomic E-state index is 0.208. The van der Waals surface area contributed by atoms with E-state index < -0.39 is 0 Å². The number of hydrogen-bond donors (Lipinski definition) is 0. The van der Waals surface area contributed by atoms with E-state index in [1.54, 1.807) is 0 Å². The molecule has 2 aromatic rings. The van der Waals surface area contributed by atoms with Gasteiger partial charge in [-0.3, -0.25) is 0 Å². The van der Waals surface area contributed by atoms with Crippen LogP contribution in [0.4, 0.5) is 0 Å². The Morgan fingerprint density at radius 1 is 0.765 bits per heavy atom. The van der Waals surface area contributed by atoms with Crippen molar-refractivity contribution in [3.8, 4) is 11.1 Å². The van der Waals surface area contributed by atoms with Crippen LogP contribution in [0.15, 0.2) is 48.5 Å². The van der Waals surface area contributed by atoms with E-state index in [0.717, 1.165) is 0 Å². The van der Waals surface area contributed by atoms with Crippen LogP contribution in [0.3, 0.4) is 0 Å². The molecule has 0 saturated carbocycles. The third-order valence-electron chi connectivity index (χ3n) is 3.08. The Hall–Kier alpha value is -1.56. The molecule has 0 atom stereocenters. The molecule has 0 spiro atoms. The summed E-state index contributed by atoms with van der Waals surface area (Å²) in [7, 11) is 0. The molecule has 2 rings (SSSR count). The number of rotatable bonds is 1. The van der Waals surface area contributed by atoms with Crippen LogP contribution in [0, 0.1) is 6.92 Å². The summed E-state index contributed by atoms with van der Waals surface area (Å²) in [6.07, 6.45) is 0. The SMILES string of the molecule is Cc1cccc(-c2cccc(C(C)(C)C)c2)c1. The molecular weight excluding hydrogens is 204 g/mol. The second-order valence-corrected chi connectivity index (χ2v) is 5.70. The second kappa shape index (κ2) is 4.37. The summed E-state index contributed by atoms with van der Waals surface area (Å²) >= 11 is 0. The van der Waals surface area contributed by atoms with Gasteiger partial charge in [-0.2, -0.15) is 0 Å². The molecule has 0 amide bonds. The van der Waals surface area contributed by atoms with Gasteiger partial charge in [-0.05, 0) is 29.0 Å². The van der Waals surface area contributed by atoms with Crippen molar-refractivity contribution >= 4 is 0 Å². The molecule has 0 aliphatic carbocycles. The van der Waals surface area contributed by atoms with Gasteiger partial charge in [0.25, 0.3) is 0 Å². The molecule has 0 aliphatic heterocycles. The van der Waals surface area contributed by atoms with E-state index in [0.29, 0.717) is 0 Å². The van der Waals surface area contributed by atoms with Crippen molar-refractivity contribution in [3.63, 3.8) is 0 Å². The Morgan fingerprint density at radius 2 is 1.35 bits per heavy atom. The fraction of sp³-hybridized carbons (Fsp3) is 0.294. The molecule has 0 heterocycles. The molecule has 0 aliphatic rings. The van der Waals surface area contributed by atoms with E-state index in [2.05, 4.69) is 76.2 Å². The van der Waals surface area contributed by atoms with Crippen molar-refractivity contribution in [3.05, 3.63) is 59.7 Å². The van der Waals surface area contributed by atoms with Crippen molar-refractivity contribution in [2.45, 2.75) is 33.1 Å². The van der Waals surface area contributed by atoms with E-state index in [-0.39, 0.29) is 5.41 Å². The third-order valence-corrected chi connectivity index (χ3v) is 3.08. The molecule has 0 aromatic heterocycles. The summed E-state index contributed by atoms with van der Waals surface area (Å²) in [4.78, 5) is 0. The van der Waals surface area contributed by atoms with Crippen molar-refractivity contribution in [1.82, 2.24) is 0 Å². The first kappa shape index (κ1) is 11.9. The van der Waals surface area contributed by atoms with Gasteiger partial charge in [0.1, 0.15) is 0 Å². The van der Waals surface area contributed by atoms with Gasteiger partial charge in [0.05, 0.1) is 0 Å². The Balaban J connectivity index is 2.47. The molecular formula is C17H20. The van der Waals surface area contributed by atoms with Crippen molar-refractivity contribution in [2.75, 3.05) is 0 Å². The highest BCUT2D eigenvalue weighted by molar-refractivity contribution is 5.65. The lowest BCUT2D eigenvalue weighted by Gasteiger charge is -2.19. The number of benzene rings is 2. The van der Waals surface area contributed by atoms with Crippen molar-refractivity contribution in [1.29, 1.82) is 0 Å². The topological polar surface area (TPSA) is 0 Å². The second-order valence-electron chi connectivity index (χ2n) is 5.70. The molecule has 0 heteroatoms. The van der Waals surface area contributed by atoms with Gasteiger partial charge in [0.15, 0.2) is 0 Å². The Kier molecular flexibility index (Phi) is 3.06. The van der Waals surface area contributed by atoms with Gasteiger partial charge in [0.2, 0.25) is 0 Å². The Labute approximate surface area is 104 Å². The van der Waals surface area contributed by atoms with E-state index >= 15 is 0 Å². The molecule has 0 unspecified atom stereocenters. The molecule has 2 aromatic carbocycles. The summed E-state index contributed by atoms with van der Waals surface area (Å²) in [5.41, 5.74) is 5.51. The quantitative estimate of drug-likeness (QED) is 0.642. The average molecular weight is 224 g/mol. The van der Waals surface area contributed by atoms with Crippen LogP contribution in [0.25, 0.3) is 11.1 Å². The predicted molar refractivity (Wildman–Crippen MR) is 75.3 cm³/mol. The van der Waals surface area contributed by atoms with Gasteiger partial charge in [0, 0.05) is 0 Å². The predicted octanol–water partition coefficient (Wildman–Crippen LogP) is 4.96.